The molecule has 0 amide bonds. The van der Waals surface area contributed by atoms with E-state index in [0.717, 1.165) is 44.5 Å². The Morgan fingerprint density at radius 3 is 3.10 bits per heavy atom. The van der Waals surface area contributed by atoms with Crippen molar-refractivity contribution in [1.29, 1.82) is 0 Å². The van der Waals surface area contributed by atoms with Gasteiger partial charge < -0.3 is 10.4 Å². The summed E-state index contributed by atoms with van der Waals surface area (Å²) in [6, 6.07) is 5.83. The Balaban J connectivity index is 1.66. The lowest BCUT2D eigenvalue weighted by Crippen LogP contribution is -2.30. The lowest BCUT2D eigenvalue weighted by molar-refractivity contribution is -0.143. The number of hydrogen-bond acceptors (Lipinski definition) is 3. The quantitative estimate of drug-likeness (QED) is 0.783. The molecule has 1 aromatic rings. The Kier molecular flexibility index (Phi) is 5.74. The normalized spacial score (nSPS) is 23.0. The lowest BCUT2D eigenvalue weighted by Gasteiger charge is -2.26. The number of aromatic nitrogens is 1. The second-order valence-corrected chi connectivity index (χ2v) is 5.38. The van der Waals surface area contributed by atoms with Gasteiger partial charge in [-0.2, -0.15) is 0 Å². The Morgan fingerprint density at radius 2 is 2.35 bits per heavy atom. The van der Waals surface area contributed by atoms with Crippen LogP contribution in [0.3, 0.4) is 0 Å². The van der Waals surface area contributed by atoms with Crippen LogP contribution in [0.25, 0.3) is 6.08 Å². The van der Waals surface area contributed by atoms with Crippen molar-refractivity contribution in [2.24, 2.45) is 11.8 Å². The maximum absolute atomic E-state index is 11.0. The third kappa shape index (κ3) is 4.78. The van der Waals surface area contributed by atoms with Gasteiger partial charge in [-0.05, 0) is 49.9 Å². The molecule has 4 nitrogen and oxygen atoms in total. The summed E-state index contributed by atoms with van der Waals surface area (Å²) in [6.45, 7) is 1.70. The summed E-state index contributed by atoms with van der Waals surface area (Å²) in [7, 11) is 0. The fourth-order valence-electron chi connectivity index (χ4n) is 2.73. The van der Waals surface area contributed by atoms with Gasteiger partial charge in [0.15, 0.2) is 0 Å². The first-order valence-electron chi connectivity index (χ1n) is 7.27. The topological polar surface area (TPSA) is 62.2 Å². The molecule has 20 heavy (non-hydrogen) atoms. The highest BCUT2D eigenvalue weighted by molar-refractivity contribution is 5.70. The molecule has 1 fully saturated rings. The first-order chi connectivity index (χ1) is 9.75. The minimum atomic E-state index is -0.634. The van der Waals surface area contributed by atoms with Gasteiger partial charge in [-0.3, -0.25) is 9.78 Å². The van der Waals surface area contributed by atoms with Gasteiger partial charge in [0.05, 0.1) is 11.6 Å². The highest BCUT2D eigenvalue weighted by atomic mass is 16.4. The molecule has 0 saturated heterocycles. The number of carboxylic acid groups (broad SMARTS) is 1. The van der Waals surface area contributed by atoms with E-state index in [9.17, 15) is 4.79 Å². The van der Waals surface area contributed by atoms with Gasteiger partial charge >= 0.3 is 5.97 Å². The molecule has 1 heterocycles. The first-order valence-corrected chi connectivity index (χ1v) is 7.27. The largest absolute Gasteiger partial charge is 0.481 e. The summed E-state index contributed by atoms with van der Waals surface area (Å²) in [5.41, 5.74) is 0.956. The molecule has 0 spiro atoms. The summed E-state index contributed by atoms with van der Waals surface area (Å²) in [5, 5.41) is 12.4. The van der Waals surface area contributed by atoms with Crippen LogP contribution in [0.15, 0.2) is 30.5 Å². The molecule has 1 aliphatic rings. The summed E-state index contributed by atoms with van der Waals surface area (Å²) in [6.07, 6.45) is 9.65. The molecular weight excluding hydrogens is 252 g/mol. The number of rotatable bonds is 6. The van der Waals surface area contributed by atoms with Crippen LogP contribution < -0.4 is 5.32 Å². The number of nitrogens with zero attached hydrogens (tertiary/aromatic N) is 1. The van der Waals surface area contributed by atoms with Crippen LogP contribution >= 0.6 is 0 Å². The SMILES string of the molecule is O=C(O)C1CCCC(CNCC=Cc2ccccn2)C1. The summed E-state index contributed by atoms with van der Waals surface area (Å²) >= 11 is 0. The van der Waals surface area contributed by atoms with Crippen LogP contribution in [0.4, 0.5) is 0 Å². The monoisotopic (exact) mass is 274 g/mol. The molecule has 0 aliphatic heterocycles. The van der Waals surface area contributed by atoms with Crippen molar-refractivity contribution in [1.82, 2.24) is 10.3 Å². The molecule has 2 rings (SSSR count). The van der Waals surface area contributed by atoms with Crippen LogP contribution in [-0.2, 0) is 4.79 Å². The zero-order chi connectivity index (χ0) is 14.2. The zero-order valence-electron chi connectivity index (χ0n) is 11.7. The smallest absolute Gasteiger partial charge is 0.306 e. The second-order valence-electron chi connectivity index (χ2n) is 5.38. The lowest BCUT2D eigenvalue weighted by atomic mass is 9.81. The minimum Gasteiger partial charge on any atom is -0.481 e. The fraction of sp³-hybridized carbons (Fsp3) is 0.500. The molecule has 0 aromatic carbocycles. The van der Waals surface area contributed by atoms with Crippen LogP contribution in [-0.4, -0.2) is 29.1 Å². The van der Waals surface area contributed by atoms with Crippen LogP contribution in [0.2, 0.25) is 0 Å². The Morgan fingerprint density at radius 1 is 1.45 bits per heavy atom. The second kappa shape index (κ2) is 7.80. The van der Waals surface area contributed by atoms with Gasteiger partial charge in [0.2, 0.25) is 0 Å². The van der Waals surface area contributed by atoms with Crippen molar-refractivity contribution < 1.29 is 9.90 Å². The van der Waals surface area contributed by atoms with E-state index in [0.29, 0.717) is 5.92 Å². The van der Waals surface area contributed by atoms with Gasteiger partial charge in [0.25, 0.3) is 0 Å². The number of nitrogens with one attached hydrogen (secondary N) is 1. The van der Waals surface area contributed by atoms with Crippen molar-refractivity contribution >= 4 is 12.0 Å². The van der Waals surface area contributed by atoms with Gasteiger partial charge in [-0.1, -0.05) is 18.6 Å². The standard InChI is InChI=1S/C16H22N2O2/c19-16(20)14-6-3-5-13(11-14)12-17-9-4-8-15-7-1-2-10-18-15/h1-2,4,7-8,10,13-14,17H,3,5-6,9,11-12H2,(H,19,20). The predicted molar refractivity (Wildman–Crippen MR) is 79.2 cm³/mol. The van der Waals surface area contributed by atoms with Gasteiger partial charge in [0.1, 0.15) is 0 Å². The summed E-state index contributed by atoms with van der Waals surface area (Å²) < 4.78 is 0. The van der Waals surface area contributed by atoms with Crippen LogP contribution in [0.5, 0.6) is 0 Å². The van der Waals surface area contributed by atoms with E-state index >= 15 is 0 Å². The van der Waals surface area contributed by atoms with Crippen molar-refractivity contribution in [2.45, 2.75) is 25.7 Å². The molecule has 4 heteroatoms. The molecule has 2 N–H and O–H groups in total. The number of pyridine rings is 1. The number of carboxylic acids is 1. The van der Waals surface area contributed by atoms with E-state index < -0.39 is 5.97 Å². The average molecular weight is 274 g/mol. The zero-order valence-corrected chi connectivity index (χ0v) is 11.7. The Bertz CT molecular complexity index is 445. The Labute approximate surface area is 119 Å². The molecule has 2 unspecified atom stereocenters. The van der Waals surface area contributed by atoms with E-state index in [-0.39, 0.29) is 5.92 Å². The van der Waals surface area contributed by atoms with Gasteiger partial charge in [-0.15, -0.1) is 0 Å². The molecule has 0 bridgehead atoms. The van der Waals surface area contributed by atoms with Crippen LogP contribution in [0.1, 0.15) is 31.4 Å². The summed E-state index contributed by atoms with van der Waals surface area (Å²) in [4.78, 5) is 15.2. The van der Waals surface area contributed by atoms with E-state index in [2.05, 4.69) is 16.4 Å². The minimum absolute atomic E-state index is 0.139. The number of hydrogen-bond donors (Lipinski definition) is 2. The van der Waals surface area contributed by atoms with Crippen molar-refractivity contribution in [3.63, 3.8) is 0 Å². The fourth-order valence-corrected chi connectivity index (χ4v) is 2.73. The molecule has 2 atom stereocenters. The van der Waals surface area contributed by atoms with Gasteiger partial charge in [0, 0.05) is 12.7 Å². The highest BCUT2D eigenvalue weighted by Gasteiger charge is 2.26. The van der Waals surface area contributed by atoms with Crippen molar-refractivity contribution in [3.05, 3.63) is 36.2 Å². The predicted octanol–water partition coefficient (Wildman–Crippen LogP) is 2.58. The van der Waals surface area contributed by atoms with E-state index in [4.69, 9.17) is 5.11 Å². The highest BCUT2D eigenvalue weighted by Crippen LogP contribution is 2.28. The molecule has 1 aromatic heterocycles. The Hall–Kier alpha value is -1.68. The molecule has 108 valence electrons. The summed E-state index contributed by atoms with van der Waals surface area (Å²) in [5.74, 6) is -0.280. The molecule has 0 radical (unpaired) electrons. The maximum atomic E-state index is 11.0. The van der Waals surface area contributed by atoms with Crippen LogP contribution in [0, 0.1) is 11.8 Å². The number of aliphatic carboxylic acids is 1. The van der Waals surface area contributed by atoms with Gasteiger partial charge in [-0.25, -0.2) is 0 Å². The third-order valence-corrected chi connectivity index (χ3v) is 3.80. The first kappa shape index (κ1) is 14.7. The molecule has 1 saturated carbocycles. The van der Waals surface area contributed by atoms with Crippen molar-refractivity contribution in [3.8, 4) is 0 Å². The number of carbonyl (C=O) groups is 1. The van der Waals surface area contributed by atoms with Crippen molar-refractivity contribution in [2.75, 3.05) is 13.1 Å². The average Bonchev–Trinajstić information content (AvgIpc) is 2.48. The molecular formula is C16H22N2O2. The van der Waals surface area contributed by atoms with E-state index in [1.165, 1.54) is 0 Å². The van der Waals surface area contributed by atoms with E-state index in [1.54, 1.807) is 6.20 Å². The third-order valence-electron chi connectivity index (χ3n) is 3.80. The molecule has 1 aliphatic carbocycles. The maximum Gasteiger partial charge on any atom is 0.306 e. The van der Waals surface area contributed by atoms with E-state index in [1.807, 2.05) is 24.3 Å².